The summed E-state index contributed by atoms with van der Waals surface area (Å²) in [7, 11) is 0. The zero-order valence-electron chi connectivity index (χ0n) is 19.0. The van der Waals surface area contributed by atoms with Crippen LogP contribution in [0.1, 0.15) is 63.9 Å². The Kier molecular flexibility index (Phi) is 5.65. The number of rotatable bonds is 4. The molecule has 0 saturated carbocycles. The third-order valence-electron chi connectivity index (χ3n) is 5.87. The number of H-pyrrole nitrogens is 1. The van der Waals surface area contributed by atoms with Crippen LogP contribution in [0.25, 0.3) is 10.9 Å². The molecule has 2 aromatic carbocycles. The maximum Gasteiger partial charge on any atom is 0.237 e. The van der Waals surface area contributed by atoms with Gasteiger partial charge in [0.1, 0.15) is 0 Å². The van der Waals surface area contributed by atoms with Crippen LogP contribution in [0.15, 0.2) is 48.5 Å². The summed E-state index contributed by atoms with van der Waals surface area (Å²) in [6.07, 6.45) is 1.55. The van der Waals surface area contributed by atoms with Gasteiger partial charge >= 0.3 is 0 Å². The van der Waals surface area contributed by atoms with Gasteiger partial charge < -0.3 is 10.3 Å². The van der Waals surface area contributed by atoms with Crippen molar-refractivity contribution < 1.29 is 4.79 Å². The Labute approximate surface area is 189 Å². The number of para-hydroxylation sites is 1. The highest BCUT2D eigenvalue weighted by Gasteiger charge is 2.36. The maximum atomic E-state index is 13.4. The molecule has 1 aliphatic heterocycles. The Bertz CT molecular complexity index is 1090. The van der Waals surface area contributed by atoms with Crippen LogP contribution in [0.5, 0.6) is 0 Å². The summed E-state index contributed by atoms with van der Waals surface area (Å²) in [5, 5.41) is 8.80. The number of hydrogen-bond acceptors (Lipinski definition) is 2. The molecule has 2 atom stereocenters. The van der Waals surface area contributed by atoms with E-state index in [1.165, 1.54) is 10.9 Å². The quantitative estimate of drug-likeness (QED) is 0.486. The number of aromatic nitrogens is 1. The molecule has 164 valence electrons. The lowest BCUT2D eigenvalue weighted by atomic mass is 9.81. The first-order chi connectivity index (χ1) is 14.5. The molecular formula is C26H32ClN3O. The lowest BCUT2D eigenvalue weighted by Gasteiger charge is -2.37. The second-order valence-corrected chi connectivity index (χ2v) is 11.0. The van der Waals surface area contributed by atoms with Gasteiger partial charge in [-0.1, -0.05) is 62.7 Å². The fourth-order valence-electron chi connectivity index (χ4n) is 5.11. The van der Waals surface area contributed by atoms with E-state index in [-0.39, 0.29) is 28.9 Å². The van der Waals surface area contributed by atoms with Crippen LogP contribution >= 0.6 is 11.6 Å². The number of nitrogens with one attached hydrogen (secondary N) is 3. The van der Waals surface area contributed by atoms with Gasteiger partial charge in [0.2, 0.25) is 5.91 Å². The van der Waals surface area contributed by atoms with E-state index in [1.807, 2.05) is 30.3 Å². The highest BCUT2D eigenvalue weighted by Crippen LogP contribution is 2.36. The number of amides is 1. The predicted octanol–water partition coefficient (Wildman–Crippen LogP) is 5.76. The van der Waals surface area contributed by atoms with Crippen molar-refractivity contribution in [2.24, 2.45) is 5.41 Å². The Hall–Kier alpha value is -2.30. The fraction of sp³-hybridized carbons (Fsp3) is 0.423. The molecule has 4 rings (SSSR count). The van der Waals surface area contributed by atoms with E-state index >= 15 is 0 Å². The molecule has 1 aromatic heterocycles. The summed E-state index contributed by atoms with van der Waals surface area (Å²) in [6, 6.07) is 15.8. The summed E-state index contributed by atoms with van der Waals surface area (Å²) in [5.74, 6) is 0.0455. The zero-order chi connectivity index (χ0) is 22.4. The lowest BCUT2D eigenvalue weighted by Crippen LogP contribution is -2.55. The molecule has 3 N–H and O–H groups in total. The third kappa shape index (κ3) is 4.81. The summed E-state index contributed by atoms with van der Waals surface area (Å²) in [6.45, 7) is 10.8. The molecule has 2 unspecified atom stereocenters. The smallest absolute Gasteiger partial charge is 0.237 e. The standard InChI is InChI=1S/C26H32ClN3O/c1-25(2,3)15-26(4,5)30-24(31)21-14-19-18-8-6-7-9-20(18)28-23(19)22(29-21)16-10-12-17(27)13-11-16/h6-13,21-22,28-29H,14-15H2,1-5H3,(H,30,31). The molecule has 0 radical (unpaired) electrons. The van der Waals surface area contributed by atoms with Gasteiger partial charge in [-0.2, -0.15) is 0 Å². The van der Waals surface area contributed by atoms with E-state index in [9.17, 15) is 4.79 Å². The molecule has 31 heavy (non-hydrogen) atoms. The van der Waals surface area contributed by atoms with Crippen LogP contribution in [0, 0.1) is 5.41 Å². The second kappa shape index (κ2) is 7.99. The molecule has 2 heterocycles. The molecule has 5 heteroatoms. The third-order valence-corrected chi connectivity index (χ3v) is 6.12. The molecule has 0 bridgehead atoms. The van der Waals surface area contributed by atoms with Crippen LogP contribution in [0.3, 0.4) is 0 Å². The number of halogens is 1. The van der Waals surface area contributed by atoms with Crippen molar-refractivity contribution in [2.45, 2.75) is 65.1 Å². The maximum absolute atomic E-state index is 13.4. The SMILES string of the molecule is CC(C)(C)CC(C)(C)NC(=O)C1Cc2c([nH]c3ccccc23)C(c2ccc(Cl)cc2)N1. The van der Waals surface area contributed by atoms with Crippen LogP contribution in [-0.2, 0) is 11.2 Å². The number of aromatic amines is 1. The van der Waals surface area contributed by atoms with Crippen molar-refractivity contribution in [3.05, 3.63) is 70.4 Å². The highest BCUT2D eigenvalue weighted by atomic mass is 35.5. The van der Waals surface area contributed by atoms with Crippen molar-refractivity contribution in [1.82, 2.24) is 15.6 Å². The molecular weight excluding hydrogens is 406 g/mol. The van der Waals surface area contributed by atoms with Crippen molar-refractivity contribution >= 4 is 28.4 Å². The average Bonchev–Trinajstić information content (AvgIpc) is 3.04. The molecule has 3 aromatic rings. The van der Waals surface area contributed by atoms with Crippen LogP contribution in [-0.4, -0.2) is 22.5 Å². The number of hydrogen-bond donors (Lipinski definition) is 3. The van der Waals surface area contributed by atoms with E-state index in [2.05, 4.69) is 68.4 Å². The van der Waals surface area contributed by atoms with Gasteiger partial charge in [0.05, 0.1) is 12.1 Å². The Morgan fingerprint density at radius 3 is 2.42 bits per heavy atom. The monoisotopic (exact) mass is 437 g/mol. The largest absolute Gasteiger partial charge is 0.357 e. The topological polar surface area (TPSA) is 56.9 Å². The predicted molar refractivity (Wildman–Crippen MR) is 129 cm³/mol. The summed E-state index contributed by atoms with van der Waals surface area (Å²) in [5.41, 5.74) is 4.37. The van der Waals surface area contributed by atoms with Crippen LogP contribution in [0.2, 0.25) is 5.02 Å². The second-order valence-electron chi connectivity index (χ2n) is 10.6. The number of benzene rings is 2. The summed E-state index contributed by atoms with van der Waals surface area (Å²) >= 11 is 6.13. The van der Waals surface area contributed by atoms with E-state index in [0.29, 0.717) is 11.4 Å². The van der Waals surface area contributed by atoms with E-state index in [0.717, 1.165) is 23.2 Å². The van der Waals surface area contributed by atoms with Crippen molar-refractivity contribution in [3.63, 3.8) is 0 Å². The number of fused-ring (bicyclic) bond motifs is 3. The Morgan fingerprint density at radius 2 is 1.74 bits per heavy atom. The van der Waals surface area contributed by atoms with Crippen LogP contribution in [0.4, 0.5) is 0 Å². The van der Waals surface area contributed by atoms with E-state index in [1.54, 1.807) is 0 Å². The summed E-state index contributed by atoms with van der Waals surface area (Å²) in [4.78, 5) is 17.0. The van der Waals surface area contributed by atoms with Crippen molar-refractivity contribution in [1.29, 1.82) is 0 Å². The van der Waals surface area contributed by atoms with Gasteiger partial charge in [-0.25, -0.2) is 0 Å². The molecule has 1 amide bonds. The first kappa shape index (κ1) is 21.9. The molecule has 0 saturated heterocycles. The number of carbonyl (C=O) groups is 1. The molecule has 4 nitrogen and oxygen atoms in total. The minimum absolute atomic E-state index is 0.0455. The minimum atomic E-state index is -0.313. The Morgan fingerprint density at radius 1 is 1.06 bits per heavy atom. The molecule has 1 aliphatic rings. The van der Waals surface area contributed by atoms with Crippen molar-refractivity contribution in [2.75, 3.05) is 0 Å². The Balaban J connectivity index is 1.68. The normalized spacial score (nSPS) is 19.3. The minimum Gasteiger partial charge on any atom is -0.357 e. The van der Waals surface area contributed by atoms with E-state index < -0.39 is 0 Å². The molecule has 0 aliphatic carbocycles. The number of carbonyl (C=O) groups excluding carboxylic acids is 1. The zero-order valence-corrected chi connectivity index (χ0v) is 19.7. The van der Waals surface area contributed by atoms with E-state index in [4.69, 9.17) is 11.6 Å². The lowest BCUT2D eigenvalue weighted by molar-refractivity contribution is -0.125. The van der Waals surface area contributed by atoms with Gasteiger partial charge in [-0.15, -0.1) is 0 Å². The van der Waals surface area contributed by atoms with Gasteiger partial charge in [0.15, 0.2) is 0 Å². The van der Waals surface area contributed by atoms with Gasteiger partial charge in [-0.3, -0.25) is 10.1 Å². The van der Waals surface area contributed by atoms with Crippen molar-refractivity contribution in [3.8, 4) is 0 Å². The van der Waals surface area contributed by atoms with Gasteiger partial charge in [0.25, 0.3) is 0 Å². The van der Waals surface area contributed by atoms with Gasteiger partial charge in [-0.05, 0) is 61.4 Å². The first-order valence-electron chi connectivity index (χ1n) is 11.0. The molecule has 0 spiro atoms. The fourth-order valence-corrected chi connectivity index (χ4v) is 5.24. The molecule has 0 fully saturated rings. The summed E-state index contributed by atoms with van der Waals surface area (Å²) < 4.78 is 0. The van der Waals surface area contributed by atoms with Crippen LogP contribution < -0.4 is 10.6 Å². The average molecular weight is 438 g/mol. The highest BCUT2D eigenvalue weighted by molar-refractivity contribution is 6.30. The van der Waals surface area contributed by atoms with Gasteiger partial charge in [0, 0.05) is 27.2 Å². The first-order valence-corrected chi connectivity index (χ1v) is 11.3.